The first-order valence-corrected chi connectivity index (χ1v) is 3.47. The summed E-state index contributed by atoms with van der Waals surface area (Å²) in [6.45, 7) is 1.53. The average Bonchev–Trinajstić information content (AvgIpc) is 1.89. The smallest absolute Gasteiger partial charge is 0.00426 e. The molecule has 0 fully saturated rings. The fourth-order valence-corrected chi connectivity index (χ4v) is 0.568. The Labute approximate surface area is 56.9 Å². The molecule has 0 aliphatic rings. The van der Waals surface area contributed by atoms with Crippen molar-refractivity contribution in [1.82, 2.24) is 0 Å². The van der Waals surface area contributed by atoms with E-state index in [1.165, 1.54) is 0 Å². The van der Waals surface area contributed by atoms with Crippen LogP contribution in [0.2, 0.25) is 0 Å². The molecule has 0 aliphatic carbocycles. The summed E-state index contributed by atoms with van der Waals surface area (Å²) in [5, 5.41) is 0. The molecule has 0 aromatic rings. The van der Waals surface area contributed by atoms with Crippen LogP contribution in [-0.4, -0.2) is 13.1 Å². The van der Waals surface area contributed by atoms with Gasteiger partial charge in [-0.3, -0.25) is 0 Å². The summed E-state index contributed by atoms with van der Waals surface area (Å²) in [7, 11) is 0. The third kappa shape index (κ3) is 7.66. The molecule has 0 radical (unpaired) electrons. The van der Waals surface area contributed by atoms with Crippen LogP contribution in [0.4, 0.5) is 0 Å². The van der Waals surface area contributed by atoms with Crippen molar-refractivity contribution in [1.29, 1.82) is 0 Å². The van der Waals surface area contributed by atoms with Crippen molar-refractivity contribution in [3.8, 4) is 0 Å². The third-order valence-electron chi connectivity index (χ3n) is 1.07. The van der Waals surface area contributed by atoms with Crippen molar-refractivity contribution in [2.24, 2.45) is 11.5 Å². The van der Waals surface area contributed by atoms with Crippen LogP contribution in [0.3, 0.4) is 0 Å². The average molecular weight is 128 g/mol. The molecule has 0 aliphatic heterocycles. The zero-order chi connectivity index (χ0) is 6.95. The first-order chi connectivity index (χ1) is 4.41. The van der Waals surface area contributed by atoms with E-state index in [4.69, 9.17) is 11.5 Å². The van der Waals surface area contributed by atoms with Crippen molar-refractivity contribution < 1.29 is 0 Å². The first-order valence-electron chi connectivity index (χ1n) is 3.47. The summed E-state index contributed by atoms with van der Waals surface area (Å²) in [4.78, 5) is 0. The second-order valence-electron chi connectivity index (χ2n) is 1.98. The van der Waals surface area contributed by atoms with Gasteiger partial charge in [-0.25, -0.2) is 0 Å². The molecule has 0 bridgehead atoms. The Morgan fingerprint density at radius 3 is 2.11 bits per heavy atom. The third-order valence-corrected chi connectivity index (χ3v) is 1.07. The van der Waals surface area contributed by atoms with E-state index in [2.05, 4.69) is 12.2 Å². The van der Waals surface area contributed by atoms with E-state index in [1.54, 1.807) is 0 Å². The van der Waals surface area contributed by atoms with Crippen LogP contribution in [0.1, 0.15) is 19.3 Å². The van der Waals surface area contributed by atoms with Gasteiger partial charge < -0.3 is 11.5 Å². The molecule has 0 heterocycles. The van der Waals surface area contributed by atoms with Crippen molar-refractivity contribution in [2.45, 2.75) is 19.3 Å². The summed E-state index contributed by atoms with van der Waals surface area (Å²) < 4.78 is 0. The number of hydrogen-bond donors (Lipinski definition) is 2. The summed E-state index contributed by atoms with van der Waals surface area (Å²) in [6.07, 6.45) is 7.41. The summed E-state index contributed by atoms with van der Waals surface area (Å²) in [5.74, 6) is 0. The van der Waals surface area contributed by atoms with Gasteiger partial charge in [0.05, 0.1) is 0 Å². The predicted molar refractivity (Wildman–Crippen MR) is 41.1 cm³/mol. The van der Waals surface area contributed by atoms with Gasteiger partial charge in [0.15, 0.2) is 0 Å². The highest BCUT2D eigenvalue weighted by molar-refractivity contribution is 4.81. The summed E-state index contributed by atoms with van der Waals surface area (Å²) >= 11 is 0. The van der Waals surface area contributed by atoms with E-state index >= 15 is 0 Å². The molecule has 0 spiro atoms. The van der Waals surface area contributed by atoms with Crippen molar-refractivity contribution >= 4 is 0 Å². The molecule has 2 nitrogen and oxygen atoms in total. The van der Waals surface area contributed by atoms with E-state index in [0.29, 0.717) is 0 Å². The minimum absolute atomic E-state index is 0.749. The molecule has 54 valence electrons. The molecule has 0 aromatic carbocycles. The molecule has 0 saturated carbocycles. The van der Waals surface area contributed by atoms with Gasteiger partial charge in [-0.15, -0.1) is 0 Å². The van der Waals surface area contributed by atoms with Crippen LogP contribution in [0, 0.1) is 0 Å². The molecule has 0 amide bonds. The van der Waals surface area contributed by atoms with Crippen LogP contribution in [0.5, 0.6) is 0 Å². The summed E-state index contributed by atoms with van der Waals surface area (Å²) in [6, 6.07) is 0. The number of unbranched alkanes of at least 4 members (excludes halogenated alkanes) is 1. The maximum absolute atomic E-state index is 5.28. The number of allylic oxidation sites excluding steroid dienone is 1. The van der Waals surface area contributed by atoms with Gasteiger partial charge in [-0.1, -0.05) is 12.2 Å². The largest absolute Gasteiger partial charge is 0.330 e. The Morgan fingerprint density at radius 2 is 1.56 bits per heavy atom. The van der Waals surface area contributed by atoms with Crippen LogP contribution in [0.25, 0.3) is 0 Å². The lowest BCUT2D eigenvalue weighted by atomic mass is 10.2. The molecular formula is C7H16N2. The highest BCUT2D eigenvalue weighted by Crippen LogP contribution is 1.88. The Balaban J connectivity index is 2.86. The Hall–Kier alpha value is -0.340. The molecule has 4 N–H and O–H groups in total. The van der Waals surface area contributed by atoms with E-state index in [1.807, 2.05) is 0 Å². The minimum Gasteiger partial charge on any atom is -0.330 e. The minimum atomic E-state index is 0.749. The summed E-state index contributed by atoms with van der Waals surface area (Å²) in [5.41, 5.74) is 10.6. The normalized spacial score (nSPS) is 10.9. The molecule has 0 unspecified atom stereocenters. The topological polar surface area (TPSA) is 52.0 Å². The van der Waals surface area contributed by atoms with Crippen LogP contribution in [0.15, 0.2) is 12.2 Å². The van der Waals surface area contributed by atoms with E-state index < -0.39 is 0 Å². The maximum Gasteiger partial charge on any atom is -0.00426 e. The number of nitrogens with two attached hydrogens (primary N) is 2. The van der Waals surface area contributed by atoms with Gasteiger partial charge in [-0.05, 0) is 32.4 Å². The Kier molecular flexibility index (Phi) is 7.37. The quantitative estimate of drug-likeness (QED) is 0.421. The second kappa shape index (κ2) is 7.66. The van der Waals surface area contributed by atoms with Gasteiger partial charge in [0, 0.05) is 0 Å². The SMILES string of the molecule is NCC/C=C\CCCN. The highest BCUT2D eigenvalue weighted by Gasteiger charge is 1.76. The number of rotatable bonds is 5. The van der Waals surface area contributed by atoms with Gasteiger partial charge in [0.1, 0.15) is 0 Å². The van der Waals surface area contributed by atoms with Gasteiger partial charge >= 0.3 is 0 Å². The molecular weight excluding hydrogens is 112 g/mol. The molecule has 0 aromatic heterocycles. The molecule has 0 atom stereocenters. The molecule has 9 heavy (non-hydrogen) atoms. The monoisotopic (exact) mass is 128 g/mol. The van der Waals surface area contributed by atoms with E-state index in [-0.39, 0.29) is 0 Å². The van der Waals surface area contributed by atoms with Gasteiger partial charge in [0.25, 0.3) is 0 Å². The van der Waals surface area contributed by atoms with Crippen LogP contribution < -0.4 is 11.5 Å². The van der Waals surface area contributed by atoms with E-state index in [9.17, 15) is 0 Å². The van der Waals surface area contributed by atoms with Gasteiger partial charge in [-0.2, -0.15) is 0 Å². The van der Waals surface area contributed by atoms with Crippen LogP contribution >= 0.6 is 0 Å². The Bertz CT molecular complexity index is 69.3. The molecule has 0 rings (SSSR count). The lowest BCUT2D eigenvalue weighted by Gasteiger charge is -1.87. The standard InChI is InChI=1S/C7H16N2/c8-6-4-2-1-3-5-7-9/h1-2H,3-9H2/b2-1-. The van der Waals surface area contributed by atoms with Crippen molar-refractivity contribution in [2.75, 3.05) is 13.1 Å². The zero-order valence-electron chi connectivity index (χ0n) is 5.84. The predicted octanol–water partition coefficient (Wildman–Crippen LogP) is 0.630. The zero-order valence-corrected chi connectivity index (χ0v) is 5.84. The molecule has 2 heteroatoms. The lowest BCUT2D eigenvalue weighted by molar-refractivity contribution is 0.850. The fourth-order valence-electron chi connectivity index (χ4n) is 0.568. The second-order valence-corrected chi connectivity index (χ2v) is 1.98. The maximum atomic E-state index is 5.28. The van der Waals surface area contributed by atoms with Crippen molar-refractivity contribution in [3.05, 3.63) is 12.2 Å². The van der Waals surface area contributed by atoms with E-state index in [0.717, 1.165) is 32.4 Å². The van der Waals surface area contributed by atoms with Crippen LogP contribution in [-0.2, 0) is 0 Å². The molecule has 0 saturated heterocycles. The number of hydrogen-bond acceptors (Lipinski definition) is 2. The first kappa shape index (κ1) is 8.66. The van der Waals surface area contributed by atoms with Gasteiger partial charge in [0.2, 0.25) is 0 Å². The fraction of sp³-hybridized carbons (Fsp3) is 0.714. The lowest BCUT2D eigenvalue weighted by Crippen LogP contribution is -1.97. The highest BCUT2D eigenvalue weighted by atomic mass is 14.5. The Morgan fingerprint density at radius 1 is 0.889 bits per heavy atom. The van der Waals surface area contributed by atoms with Crippen molar-refractivity contribution in [3.63, 3.8) is 0 Å².